The van der Waals surface area contributed by atoms with Crippen LogP contribution in [0.3, 0.4) is 0 Å². The number of methoxy groups -OCH3 is 1. The van der Waals surface area contributed by atoms with Crippen LogP contribution in [0.4, 0.5) is 0 Å². The average Bonchev–Trinajstić information content (AvgIpc) is 3.21. The largest absolute Gasteiger partial charge is 0.465 e. The Bertz CT molecular complexity index is 1060. The van der Waals surface area contributed by atoms with Crippen molar-refractivity contribution in [2.75, 3.05) is 7.11 Å². The van der Waals surface area contributed by atoms with Gasteiger partial charge in [0.2, 0.25) is 5.82 Å². The van der Waals surface area contributed by atoms with Gasteiger partial charge < -0.3 is 9.26 Å². The minimum absolute atomic E-state index is 0.122. The summed E-state index contributed by atoms with van der Waals surface area (Å²) < 4.78 is 10.2. The minimum atomic E-state index is -0.373. The van der Waals surface area contributed by atoms with Gasteiger partial charge in [0.1, 0.15) is 0 Å². The molecule has 0 fully saturated rings. The number of aromatic nitrogens is 2. The van der Waals surface area contributed by atoms with E-state index in [4.69, 9.17) is 9.26 Å². The Morgan fingerprint density at radius 1 is 0.931 bits per heavy atom. The zero-order valence-corrected chi connectivity index (χ0v) is 17.6. The Morgan fingerprint density at radius 2 is 1.55 bits per heavy atom. The van der Waals surface area contributed by atoms with Crippen molar-refractivity contribution in [2.24, 2.45) is 0 Å². The summed E-state index contributed by atoms with van der Waals surface area (Å²) in [5.74, 6) is 0.620. The van der Waals surface area contributed by atoms with Gasteiger partial charge in [0.25, 0.3) is 5.89 Å². The van der Waals surface area contributed by atoms with E-state index in [1.54, 1.807) is 24.3 Å². The Hall–Kier alpha value is -2.95. The van der Waals surface area contributed by atoms with Crippen molar-refractivity contribution in [3.05, 3.63) is 59.2 Å². The van der Waals surface area contributed by atoms with Crippen LogP contribution in [0.25, 0.3) is 22.8 Å². The van der Waals surface area contributed by atoms with E-state index in [9.17, 15) is 4.79 Å². The van der Waals surface area contributed by atoms with E-state index in [-0.39, 0.29) is 16.8 Å². The van der Waals surface area contributed by atoms with E-state index in [0.717, 1.165) is 17.5 Å². The smallest absolute Gasteiger partial charge is 0.337 e. The Labute approximate surface area is 171 Å². The highest BCUT2D eigenvalue weighted by atomic mass is 16.5. The quantitative estimate of drug-likeness (QED) is 0.549. The molecule has 5 heteroatoms. The van der Waals surface area contributed by atoms with Crippen LogP contribution in [0.15, 0.2) is 47.0 Å². The SMILES string of the molecule is COC(=O)c1ccc(-c2nc(-c3ccc4c(c3)C(C)(C)CCC4(C)C)no2)cc1. The minimum Gasteiger partial charge on any atom is -0.465 e. The maximum Gasteiger partial charge on any atom is 0.337 e. The first-order valence-corrected chi connectivity index (χ1v) is 9.89. The molecule has 0 unspecified atom stereocenters. The van der Waals surface area contributed by atoms with Gasteiger partial charge in [-0.25, -0.2) is 4.79 Å². The van der Waals surface area contributed by atoms with Crippen LogP contribution in [0.2, 0.25) is 0 Å². The third kappa shape index (κ3) is 3.46. The van der Waals surface area contributed by atoms with Crippen molar-refractivity contribution < 1.29 is 14.1 Å². The van der Waals surface area contributed by atoms with Gasteiger partial charge in [-0.05, 0) is 65.1 Å². The number of ether oxygens (including phenoxy) is 1. The van der Waals surface area contributed by atoms with Gasteiger partial charge in [0.15, 0.2) is 0 Å². The molecule has 1 aliphatic carbocycles. The lowest BCUT2D eigenvalue weighted by atomic mass is 9.63. The lowest BCUT2D eigenvalue weighted by Crippen LogP contribution is -2.33. The van der Waals surface area contributed by atoms with Gasteiger partial charge >= 0.3 is 5.97 Å². The van der Waals surface area contributed by atoms with E-state index < -0.39 is 0 Å². The molecule has 0 bridgehead atoms. The van der Waals surface area contributed by atoms with Crippen molar-refractivity contribution in [1.82, 2.24) is 10.1 Å². The third-order valence-electron chi connectivity index (χ3n) is 6.09. The lowest BCUT2D eigenvalue weighted by Gasteiger charge is -2.42. The number of benzene rings is 2. The average molecular weight is 390 g/mol. The summed E-state index contributed by atoms with van der Waals surface area (Å²) in [6.45, 7) is 9.22. The van der Waals surface area contributed by atoms with Gasteiger partial charge in [0.05, 0.1) is 12.7 Å². The Morgan fingerprint density at radius 3 is 2.21 bits per heavy atom. The standard InChI is InChI=1S/C24H26N2O3/c1-23(2)12-13-24(3,4)19-14-17(10-11-18(19)23)20-25-21(29-26-20)15-6-8-16(9-7-15)22(27)28-5/h6-11,14H,12-13H2,1-5H3. The molecule has 4 rings (SSSR count). The van der Waals surface area contributed by atoms with Crippen molar-refractivity contribution >= 4 is 5.97 Å². The molecular formula is C24H26N2O3. The highest BCUT2D eigenvalue weighted by Gasteiger charge is 2.37. The molecule has 2 aromatic carbocycles. The number of hydrogen-bond acceptors (Lipinski definition) is 5. The predicted molar refractivity (Wildman–Crippen MR) is 112 cm³/mol. The van der Waals surface area contributed by atoms with Crippen molar-refractivity contribution in [3.8, 4) is 22.8 Å². The van der Waals surface area contributed by atoms with Gasteiger partial charge in [-0.3, -0.25) is 0 Å². The summed E-state index contributed by atoms with van der Waals surface area (Å²) in [5, 5.41) is 4.19. The maximum absolute atomic E-state index is 11.6. The van der Waals surface area contributed by atoms with Crippen molar-refractivity contribution in [1.29, 1.82) is 0 Å². The molecule has 0 amide bonds. The van der Waals surface area contributed by atoms with Gasteiger partial charge in [-0.1, -0.05) is 45.0 Å². The van der Waals surface area contributed by atoms with Gasteiger partial charge in [-0.15, -0.1) is 0 Å². The second-order valence-corrected chi connectivity index (χ2v) is 9.02. The van der Waals surface area contributed by atoms with Crippen LogP contribution in [-0.2, 0) is 15.6 Å². The first-order valence-electron chi connectivity index (χ1n) is 9.89. The molecule has 3 aromatic rings. The second-order valence-electron chi connectivity index (χ2n) is 9.02. The summed E-state index contributed by atoms with van der Waals surface area (Å²) in [4.78, 5) is 16.2. The van der Waals surface area contributed by atoms with E-state index in [1.165, 1.54) is 24.7 Å². The van der Waals surface area contributed by atoms with Crippen LogP contribution in [0.1, 0.15) is 62.0 Å². The van der Waals surface area contributed by atoms with E-state index in [0.29, 0.717) is 17.3 Å². The predicted octanol–water partition coefficient (Wildman–Crippen LogP) is 5.54. The normalized spacial score (nSPS) is 16.9. The van der Waals surface area contributed by atoms with E-state index in [2.05, 4.69) is 56.0 Å². The number of carbonyl (C=O) groups excluding carboxylic acids is 1. The summed E-state index contributed by atoms with van der Waals surface area (Å²) in [5.41, 5.74) is 5.26. The molecule has 1 aromatic heterocycles. The molecule has 0 N–H and O–H groups in total. The second kappa shape index (κ2) is 6.83. The number of nitrogens with zero attached hydrogens (tertiary/aromatic N) is 2. The van der Waals surface area contributed by atoms with Crippen molar-refractivity contribution in [2.45, 2.75) is 51.4 Å². The maximum atomic E-state index is 11.6. The molecule has 150 valence electrons. The summed E-state index contributed by atoms with van der Waals surface area (Å²) >= 11 is 0. The van der Waals surface area contributed by atoms with E-state index >= 15 is 0 Å². The lowest BCUT2D eigenvalue weighted by molar-refractivity contribution is 0.0600. The fourth-order valence-corrected chi connectivity index (χ4v) is 4.05. The monoisotopic (exact) mass is 390 g/mol. The molecule has 0 saturated carbocycles. The summed E-state index contributed by atoms with van der Waals surface area (Å²) in [7, 11) is 1.36. The Balaban J connectivity index is 1.68. The highest BCUT2D eigenvalue weighted by molar-refractivity contribution is 5.89. The number of rotatable bonds is 3. The highest BCUT2D eigenvalue weighted by Crippen LogP contribution is 2.46. The molecule has 1 aliphatic rings. The molecule has 29 heavy (non-hydrogen) atoms. The fraction of sp³-hybridized carbons (Fsp3) is 0.375. The first kappa shape index (κ1) is 19.4. The van der Waals surface area contributed by atoms with Crippen LogP contribution >= 0.6 is 0 Å². The zero-order chi connectivity index (χ0) is 20.8. The summed E-state index contributed by atoms with van der Waals surface area (Å²) in [6, 6.07) is 13.4. The molecular weight excluding hydrogens is 364 g/mol. The fourth-order valence-electron chi connectivity index (χ4n) is 4.05. The van der Waals surface area contributed by atoms with Crippen molar-refractivity contribution in [3.63, 3.8) is 0 Å². The van der Waals surface area contributed by atoms with Crippen LogP contribution in [-0.4, -0.2) is 23.2 Å². The molecule has 0 atom stereocenters. The molecule has 0 radical (unpaired) electrons. The van der Waals surface area contributed by atoms with Crippen LogP contribution in [0.5, 0.6) is 0 Å². The topological polar surface area (TPSA) is 65.2 Å². The van der Waals surface area contributed by atoms with E-state index in [1.807, 2.05) is 0 Å². The number of fused-ring (bicyclic) bond motifs is 1. The molecule has 5 nitrogen and oxygen atoms in total. The third-order valence-corrected chi connectivity index (χ3v) is 6.09. The molecule has 0 saturated heterocycles. The molecule has 1 heterocycles. The zero-order valence-electron chi connectivity index (χ0n) is 17.6. The van der Waals surface area contributed by atoms with Crippen LogP contribution < -0.4 is 0 Å². The van der Waals surface area contributed by atoms with Gasteiger partial charge in [0, 0.05) is 11.1 Å². The number of esters is 1. The van der Waals surface area contributed by atoms with Gasteiger partial charge in [-0.2, -0.15) is 4.98 Å². The number of carbonyl (C=O) groups is 1. The molecule has 0 aliphatic heterocycles. The Kier molecular flexibility index (Phi) is 4.56. The summed E-state index contributed by atoms with van der Waals surface area (Å²) in [6.07, 6.45) is 2.33. The molecule has 0 spiro atoms. The first-order chi connectivity index (χ1) is 13.7. The van der Waals surface area contributed by atoms with Crippen LogP contribution in [0, 0.1) is 0 Å². The number of hydrogen-bond donors (Lipinski definition) is 0.